The van der Waals surface area contributed by atoms with Crippen LogP contribution in [0, 0.1) is 11.8 Å². The molecule has 6 nitrogen and oxygen atoms in total. The van der Waals surface area contributed by atoms with Crippen LogP contribution in [0.25, 0.3) is 16.9 Å². The molecule has 0 aliphatic heterocycles. The number of benzene rings is 2. The number of alkyl halides is 5. The molecule has 4 rings (SSSR count). The summed E-state index contributed by atoms with van der Waals surface area (Å²) in [5.74, 6) is 5.52. The Balaban J connectivity index is 1.69. The molecule has 2 aromatic carbocycles. The predicted molar refractivity (Wildman–Crippen MR) is 122 cm³/mol. The molecule has 36 heavy (non-hydrogen) atoms. The van der Waals surface area contributed by atoms with Gasteiger partial charge in [-0.3, -0.25) is 0 Å². The van der Waals surface area contributed by atoms with Crippen molar-refractivity contribution < 1.29 is 30.4 Å². The molecule has 0 saturated carbocycles. The van der Waals surface area contributed by atoms with Crippen LogP contribution in [0.3, 0.4) is 0 Å². The van der Waals surface area contributed by atoms with E-state index in [0.29, 0.717) is 5.56 Å². The normalized spacial score (nSPS) is 12.2. The largest absolute Gasteiger partial charge is 0.416 e. The third kappa shape index (κ3) is 5.07. The van der Waals surface area contributed by atoms with Crippen molar-refractivity contribution in [2.45, 2.75) is 17.5 Å². The molecule has 0 unspecified atom stereocenters. The molecule has 0 bridgehead atoms. The highest BCUT2D eigenvalue weighted by molar-refractivity contribution is 7.89. The Bertz CT molecular complexity index is 1580. The van der Waals surface area contributed by atoms with E-state index in [2.05, 4.69) is 21.9 Å². The highest BCUT2D eigenvalue weighted by Gasteiger charge is 2.30. The highest BCUT2D eigenvalue weighted by atomic mass is 32.2. The van der Waals surface area contributed by atoms with Gasteiger partial charge < -0.3 is 0 Å². The number of hydrogen-bond acceptors (Lipinski definition) is 4. The first kappa shape index (κ1) is 25.3. The molecule has 0 aliphatic carbocycles. The molecule has 0 radical (unpaired) electrons. The number of rotatable bonds is 4. The molecule has 0 atom stereocenters. The Morgan fingerprint density at radius 3 is 2.14 bits per heavy atom. The zero-order valence-electron chi connectivity index (χ0n) is 18.8. The summed E-state index contributed by atoms with van der Waals surface area (Å²) in [6.45, 7) is 0. The summed E-state index contributed by atoms with van der Waals surface area (Å²) < 4.78 is 92.3. The lowest BCUT2D eigenvalue weighted by Crippen LogP contribution is -2.22. The molecule has 186 valence electrons. The maximum absolute atomic E-state index is 13.7. The topological polar surface area (TPSA) is 67.6 Å². The maximum Gasteiger partial charge on any atom is 0.416 e. The summed E-state index contributed by atoms with van der Waals surface area (Å²) in [5.41, 5.74) is -0.440. The monoisotopic (exact) mass is 520 g/mol. The zero-order chi connectivity index (χ0) is 26.3. The van der Waals surface area contributed by atoms with Gasteiger partial charge in [0.1, 0.15) is 11.4 Å². The Hall–Kier alpha value is -3.82. The summed E-state index contributed by atoms with van der Waals surface area (Å²) in [4.78, 5) is 4.35. The van der Waals surface area contributed by atoms with Gasteiger partial charge in [0.15, 0.2) is 5.65 Å². The van der Waals surface area contributed by atoms with Gasteiger partial charge in [-0.15, -0.1) is 0 Å². The van der Waals surface area contributed by atoms with Gasteiger partial charge in [-0.1, -0.05) is 18.1 Å². The van der Waals surface area contributed by atoms with Gasteiger partial charge in [-0.25, -0.2) is 31.0 Å². The molecule has 2 heterocycles. The Kier molecular flexibility index (Phi) is 6.55. The van der Waals surface area contributed by atoms with E-state index in [1.165, 1.54) is 44.4 Å². The molecule has 0 saturated heterocycles. The van der Waals surface area contributed by atoms with Crippen molar-refractivity contribution in [2.24, 2.45) is 0 Å². The lowest BCUT2D eigenvalue weighted by molar-refractivity contribution is -0.137. The van der Waals surface area contributed by atoms with E-state index in [1.807, 2.05) is 0 Å². The van der Waals surface area contributed by atoms with E-state index < -0.39 is 33.9 Å². The summed E-state index contributed by atoms with van der Waals surface area (Å²) in [5, 5.41) is 4.06. The highest BCUT2D eigenvalue weighted by Crippen LogP contribution is 2.31. The van der Waals surface area contributed by atoms with Crippen molar-refractivity contribution in [3.8, 4) is 23.1 Å². The number of nitrogens with zero attached hydrogens (tertiary/aromatic N) is 4. The van der Waals surface area contributed by atoms with Crippen LogP contribution < -0.4 is 0 Å². The fraction of sp³-hybridized carbons (Fsp3) is 0.167. The predicted octanol–water partition coefficient (Wildman–Crippen LogP) is 5.00. The fourth-order valence-corrected chi connectivity index (χ4v) is 4.15. The van der Waals surface area contributed by atoms with Gasteiger partial charge >= 0.3 is 6.18 Å². The molecule has 0 aliphatic rings. The standard InChI is InChI=1S/C24H17F5N4O2S/c1-32(2)36(34,35)19-11-4-15(5-12-19)3-10-18-13-22-30-20(14-21(23(25)26)33(22)31-18)16-6-8-17(9-7-16)24(27,28)29/h4-9,11-14,23H,1-2H3. The summed E-state index contributed by atoms with van der Waals surface area (Å²) in [7, 11) is -0.766. The van der Waals surface area contributed by atoms with Crippen molar-refractivity contribution in [3.05, 3.63) is 83.2 Å². The third-order valence-electron chi connectivity index (χ3n) is 5.15. The lowest BCUT2D eigenvalue weighted by atomic mass is 10.1. The van der Waals surface area contributed by atoms with Crippen molar-refractivity contribution in [2.75, 3.05) is 14.1 Å². The lowest BCUT2D eigenvalue weighted by Gasteiger charge is -2.10. The van der Waals surface area contributed by atoms with E-state index in [4.69, 9.17) is 0 Å². The molecular formula is C24H17F5N4O2S. The van der Waals surface area contributed by atoms with Crippen molar-refractivity contribution >= 4 is 15.7 Å². The molecular weight excluding hydrogens is 503 g/mol. The average Bonchev–Trinajstić information content (AvgIpc) is 3.24. The second kappa shape index (κ2) is 9.33. The Morgan fingerprint density at radius 2 is 1.58 bits per heavy atom. The molecule has 0 spiro atoms. The third-order valence-corrected chi connectivity index (χ3v) is 6.98. The van der Waals surface area contributed by atoms with Crippen molar-refractivity contribution in [3.63, 3.8) is 0 Å². The number of aromatic nitrogens is 3. The average molecular weight is 520 g/mol. The van der Waals surface area contributed by atoms with Crippen LogP contribution in [0.15, 0.2) is 65.6 Å². The van der Waals surface area contributed by atoms with Gasteiger partial charge in [-0.2, -0.15) is 18.3 Å². The van der Waals surface area contributed by atoms with E-state index in [-0.39, 0.29) is 27.5 Å². The van der Waals surface area contributed by atoms with Crippen molar-refractivity contribution in [1.82, 2.24) is 18.9 Å². The molecule has 0 N–H and O–H groups in total. The number of sulfonamides is 1. The van der Waals surface area contributed by atoms with Gasteiger partial charge in [0.25, 0.3) is 6.43 Å². The SMILES string of the molecule is CN(C)S(=O)(=O)c1ccc(C#Cc2cc3nc(-c4ccc(C(F)(F)F)cc4)cc(C(F)F)n3n2)cc1. The zero-order valence-corrected chi connectivity index (χ0v) is 19.6. The van der Waals surface area contributed by atoms with Gasteiger partial charge in [0.2, 0.25) is 10.0 Å². The van der Waals surface area contributed by atoms with Crippen LogP contribution in [0.5, 0.6) is 0 Å². The van der Waals surface area contributed by atoms with Crippen LogP contribution in [0.4, 0.5) is 22.0 Å². The Morgan fingerprint density at radius 1 is 0.944 bits per heavy atom. The van der Waals surface area contributed by atoms with E-state index in [9.17, 15) is 30.4 Å². The number of hydrogen-bond donors (Lipinski definition) is 0. The molecule has 0 amide bonds. The number of fused-ring (bicyclic) bond motifs is 1. The van der Waals surface area contributed by atoms with E-state index in [1.54, 1.807) is 0 Å². The first-order chi connectivity index (χ1) is 16.9. The first-order valence-corrected chi connectivity index (χ1v) is 11.7. The number of halogens is 5. The molecule has 0 fully saturated rings. The van der Waals surface area contributed by atoms with Gasteiger partial charge in [0.05, 0.1) is 16.2 Å². The second-order valence-electron chi connectivity index (χ2n) is 7.80. The molecule has 4 aromatic rings. The first-order valence-electron chi connectivity index (χ1n) is 10.3. The van der Waals surface area contributed by atoms with E-state index >= 15 is 0 Å². The summed E-state index contributed by atoms with van der Waals surface area (Å²) in [6.07, 6.45) is -7.46. The summed E-state index contributed by atoms with van der Waals surface area (Å²) in [6, 6.07) is 12.3. The van der Waals surface area contributed by atoms with E-state index in [0.717, 1.165) is 39.2 Å². The van der Waals surface area contributed by atoms with Crippen LogP contribution in [0.2, 0.25) is 0 Å². The van der Waals surface area contributed by atoms with Crippen LogP contribution in [-0.2, 0) is 16.2 Å². The maximum atomic E-state index is 13.7. The van der Waals surface area contributed by atoms with Gasteiger partial charge in [0, 0.05) is 31.3 Å². The van der Waals surface area contributed by atoms with Crippen LogP contribution in [-0.4, -0.2) is 41.4 Å². The van der Waals surface area contributed by atoms with Crippen molar-refractivity contribution in [1.29, 1.82) is 0 Å². The minimum Gasteiger partial charge on any atom is -0.228 e. The summed E-state index contributed by atoms with van der Waals surface area (Å²) >= 11 is 0. The minimum absolute atomic E-state index is 0.0411. The van der Waals surface area contributed by atoms with Crippen LogP contribution in [0.1, 0.15) is 28.9 Å². The molecule has 12 heteroatoms. The van der Waals surface area contributed by atoms with Gasteiger partial charge in [-0.05, 0) is 48.4 Å². The smallest absolute Gasteiger partial charge is 0.228 e. The van der Waals surface area contributed by atoms with Crippen LogP contribution >= 0.6 is 0 Å². The minimum atomic E-state index is -4.52. The Labute approximate surface area is 203 Å². The quantitative estimate of drug-likeness (QED) is 0.281. The fourth-order valence-electron chi connectivity index (χ4n) is 3.25. The molecule has 2 aromatic heterocycles. The second-order valence-corrected chi connectivity index (χ2v) is 9.96.